The monoisotopic (exact) mass is 334 g/mol. The number of hydrogen-bond acceptors (Lipinski definition) is 2. The van der Waals surface area contributed by atoms with Crippen LogP contribution < -0.4 is 4.74 Å². The van der Waals surface area contributed by atoms with Gasteiger partial charge in [-0.05, 0) is 59.1 Å². The van der Waals surface area contributed by atoms with Crippen molar-refractivity contribution in [1.29, 1.82) is 0 Å². The minimum atomic E-state index is -0.376. The van der Waals surface area contributed by atoms with E-state index >= 15 is 0 Å². The second kappa shape index (κ2) is 5.37. The molecule has 4 heteroatoms. The third kappa shape index (κ3) is 2.90. The van der Waals surface area contributed by atoms with Crippen LogP contribution in [-0.2, 0) is 0 Å². The fraction of sp³-hybridized carbons (Fsp3) is 0.188. The van der Waals surface area contributed by atoms with Crippen LogP contribution in [0.1, 0.15) is 28.8 Å². The Morgan fingerprint density at radius 2 is 2.00 bits per heavy atom. The summed E-state index contributed by atoms with van der Waals surface area (Å²) in [5.74, 6) is 0.175. The highest BCUT2D eigenvalue weighted by Gasteiger charge is 2.23. The van der Waals surface area contributed by atoms with Crippen LogP contribution in [0.4, 0.5) is 4.39 Å². The average molecular weight is 335 g/mol. The third-order valence-corrected chi connectivity index (χ3v) is 3.76. The quantitative estimate of drug-likeness (QED) is 0.776. The van der Waals surface area contributed by atoms with Gasteiger partial charge < -0.3 is 4.74 Å². The maximum Gasteiger partial charge on any atom is 0.194 e. The van der Waals surface area contributed by atoms with Gasteiger partial charge in [0.25, 0.3) is 0 Å². The molecule has 0 aromatic heterocycles. The predicted octanol–water partition coefficient (Wildman–Crippen LogP) is 4.36. The van der Waals surface area contributed by atoms with Crippen molar-refractivity contribution >= 4 is 21.7 Å². The van der Waals surface area contributed by atoms with E-state index in [1.165, 1.54) is 18.2 Å². The molecule has 0 radical (unpaired) electrons. The largest absolute Gasteiger partial charge is 0.490 e. The minimum absolute atomic E-state index is 0.155. The Bertz CT molecular complexity index is 665. The molecule has 0 saturated heterocycles. The van der Waals surface area contributed by atoms with Gasteiger partial charge in [0.2, 0.25) is 0 Å². The number of ether oxygens (including phenoxy) is 1. The summed E-state index contributed by atoms with van der Waals surface area (Å²) in [6.45, 7) is 0. The Morgan fingerprint density at radius 3 is 2.70 bits per heavy atom. The maximum atomic E-state index is 13.1. The van der Waals surface area contributed by atoms with E-state index in [1.54, 1.807) is 18.2 Å². The molecule has 0 N–H and O–H groups in total. The minimum Gasteiger partial charge on any atom is -0.490 e. The first-order valence-electron chi connectivity index (χ1n) is 6.40. The molecule has 0 atom stereocenters. The summed E-state index contributed by atoms with van der Waals surface area (Å²) in [7, 11) is 0. The molecule has 20 heavy (non-hydrogen) atoms. The Morgan fingerprint density at radius 1 is 1.20 bits per heavy atom. The molecule has 1 aliphatic rings. The zero-order valence-electron chi connectivity index (χ0n) is 10.6. The highest BCUT2D eigenvalue weighted by atomic mass is 79.9. The van der Waals surface area contributed by atoms with E-state index in [0.29, 0.717) is 21.3 Å². The smallest absolute Gasteiger partial charge is 0.194 e. The average Bonchev–Trinajstić information content (AvgIpc) is 3.22. The molecule has 0 bridgehead atoms. The van der Waals surface area contributed by atoms with Crippen molar-refractivity contribution in [1.82, 2.24) is 0 Å². The Kier molecular flexibility index (Phi) is 3.57. The lowest BCUT2D eigenvalue weighted by atomic mass is 10.0. The maximum absolute atomic E-state index is 13.1. The predicted molar refractivity (Wildman–Crippen MR) is 77.6 cm³/mol. The highest BCUT2D eigenvalue weighted by Crippen LogP contribution is 2.28. The van der Waals surface area contributed by atoms with Crippen molar-refractivity contribution in [2.24, 2.45) is 0 Å². The van der Waals surface area contributed by atoms with E-state index < -0.39 is 0 Å². The Labute approximate surface area is 124 Å². The fourth-order valence-electron chi connectivity index (χ4n) is 1.92. The van der Waals surface area contributed by atoms with Crippen molar-refractivity contribution in [2.45, 2.75) is 18.9 Å². The van der Waals surface area contributed by atoms with Gasteiger partial charge in [-0.3, -0.25) is 4.79 Å². The van der Waals surface area contributed by atoms with Gasteiger partial charge in [-0.15, -0.1) is 0 Å². The van der Waals surface area contributed by atoms with Gasteiger partial charge in [0.05, 0.1) is 6.10 Å². The molecule has 1 aliphatic carbocycles. The number of ketones is 1. The topological polar surface area (TPSA) is 26.3 Å². The lowest BCUT2D eigenvalue weighted by Gasteiger charge is -2.07. The van der Waals surface area contributed by atoms with Crippen molar-refractivity contribution in [2.75, 3.05) is 0 Å². The first-order valence-corrected chi connectivity index (χ1v) is 7.19. The molecule has 0 aliphatic heterocycles. The molecule has 3 rings (SSSR count). The van der Waals surface area contributed by atoms with Gasteiger partial charge in [-0.1, -0.05) is 12.1 Å². The van der Waals surface area contributed by atoms with Gasteiger partial charge >= 0.3 is 0 Å². The zero-order valence-corrected chi connectivity index (χ0v) is 12.2. The molecule has 1 saturated carbocycles. The summed E-state index contributed by atoms with van der Waals surface area (Å²) in [6.07, 6.45) is 2.43. The SMILES string of the molecule is O=C(c1cccc(OC2CC2)c1)c1ccc(F)cc1Br. The van der Waals surface area contributed by atoms with E-state index in [4.69, 9.17) is 4.74 Å². The van der Waals surface area contributed by atoms with Crippen LogP contribution in [0, 0.1) is 5.82 Å². The van der Waals surface area contributed by atoms with Crippen LogP contribution in [0.2, 0.25) is 0 Å². The Hall–Kier alpha value is -1.68. The van der Waals surface area contributed by atoms with Gasteiger partial charge in [0.15, 0.2) is 5.78 Å². The first-order chi connectivity index (χ1) is 9.63. The standard InChI is InChI=1S/C16H12BrFO2/c17-15-9-11(18)4-7-14(15)16(19)10-2-1-3-13(8-10)20-12-5-6-12/h1-4,7-9,12H,5-6H2. The van der Waals surface area contributed by atoms with E-state index in [9.17, 15) is 9.18 Å². The molecule has 0 spiro atoms. The molecule has 2 nitrogen and oxygen atoms in total. The number of rotatable bonds is 4. The number of carbonyl (C=O) groups excluding carboxylic acids is 1. The molecule has 102 valence electrons. The second-order valence-electron chi connectivity index (χ2n) is 4.80. The summed E-state index contributed by atoms with van der Waals surface area (Å²) >= 11 is 3.22. The van der Waals surface area contributed by atoms with Crippen LogP contribution in [0.15, 0.2) is 46.9 Å². The van der Waals surface area contributed by atoms with E-state index in [1.807, 2.05) is 6.07 Å². The highest BCUT2D eigenvalue weighted by molar-refractivity contribution is 9.10. The van der Waals surface area contributed by atoms with Crippen LogP contribution in [0.25, 0.3) is 0 Å². The summed E-state index contributed by atoms with van der Waals surface area (Å²) in [5.41, 5.74) is 0.977. The van der Waals surface area contributed by atoms with Crippen LogP contribution >= 0.6 is 15.9 Å². The summed E-state index contributed by atoms with van der Waals surface area (Å²) in [4.78, 5) is 12.4. The van der Waals surface area contributed by atoms with Crippen LogP contribution in [0.3, 0.4) is 0 Å². The van der Waals surface area contributed by atoms with Crippen molar-refractivity contribution in [3.8, 4) is 5.75 Å². The number of carbonyl (C=O) groups is 1. The lowest BCUT2D eigenvalue weighted by Crippen LogP contribution is -2.04. The number of benzene rings is 2. The van der Waals surface area contributed by atoms with Gasteiger partial charge in [-0.25, -0.2) is 4.39 Å². The van der Waals surface area contributed by atoms with E-state index in [0.717, 1.165) is 12.8 Å². The van der Waals surface area contributed by atoms with Gasteiger partial charge in [0.1, 0.15) is 11.6 Å². The van der Waals surface area contributed by atoms with Crippen molar-refractivity contribution in [3.63, 3.8) is 0 Å². The molecular weight excluding hydrogens is 323 g/mol. The number of halogens is 2. The molecule has 0 heterocycles. The molecular formula is C16H12BrFO2. The number of hydrogen-bond donors (Lipinski definition) is 0. The summed E-state index contributed by atoms with van der Waals surface area (Å²) in [5, 5.41) is 0. The normalized spacial score (nSPS) is 14.1. The summed E-state index contributed by atoms with van der Waals surface area (Å²) < 4.78 is 19.2. The third-order valence-electron chi connectivity index (χ3n) is 3.10. The van der Waals surface area contributed by atoms with Crippen LogP contribution in [0.5, 0.6) is 5.75 Å². The van der Waals surface area contributed by atoms with Gasteiger partial charge in [0, 0.05) is 15.6 Å². The Balaban J connectivity index is 1.89. The first kappa shape index (κ1) is 13.3. The van der Waals surface area contributed by atoms with Crippen molar-refractivity contribution in [3.05, 3.63) is 63.9 Å². The van der Waals surface area contributed by atoms with Gasteiger partial charge in [-0.2, -0.15) is 0 Å². The summed E-state index contributed by atoms with van der Waals surface area (Å²) in [6, 6.07) is 11.2. The molecule has 1 fully saturated rings. The van der Waals surface area contributed by atoms with E-state index in [2.05, 4.69) is 15.9 Å². The second-order valence-corrected chi connectivity index (χ2v) is 5.65. The zero-order chi connectivity index (χ0) is 14.1. The van der Waals surface area contributed by atoms with Crippen molar-refractivity contribution < 1.29 is 13.9 Å². The fourth-order valence-corrected chi connectivity index (χ4v) is 2.45. The van der Waals surface area contributed by atoms with E-state index in [-0.39, 0.29) is 17.7 Å². The molecule has 0 amide bonds. The van der Waals surface area contributed by atoms with Crippen LogP contribution in [-0.4, -0.2) is 11.9 Å². The molecule has 2 aromatic rings. The molecule has 2 aromatic carbocycles. The lowest BCUT2D eigenvalue weighted by molar-refractivity contribution is 0.103. The molecule has 0 unspecified atom stereocenters.